The van der Waals surface area contributed by atoms with Gasteiger partial charge in [0.1, 0.15) is 17.4 Å². The lowest BCUT2D eigenvalue weighted by molar-refractivity contribution is -0.137. The molecule has 1 N–H and O–H groups in total. The summed E-state index contributed by atoms with van der Waals surface area (Å²) in [5.41, 5.74) is -1.11. The van der Waals surface area contributed by atoms with Crippen LogP contribution in [0.25, 0.3) is 6.08 Å². The predicted molar refractivity (Wildman–Crippen MR) is 119 cm³/mol. The van der Waals surface area contributed by atoms with Gasteiger partial charge >= 0.3 is 12.1 Å². The minimum atomic E-state index is -4.66. The molecule has 3 aromatic rings. The van der Waals surface area contributed by atoms with E-state index in [1.165, 1.54) is 42.5 Å². The average molecular weight is 515 g/mol. The fraction of sp³-hybridized carbons (Fsp3) is 0.0417. The van der Waals surface area contributed by atoms with Crippen molar-refractivity contribution < 1.29 is 27.5 Å². The first kappa shape index (κ1) is 23.8. The number of amides is 1. The molecule has 3 aromatic carbocycles. The van der Waals surface area contributed by atoms with Gasteiger partial charge in [-0.25, -0.2) is 4.79 Å². The van der Waals surface area contributed by atoms with Crippen LogP contribution in [0.5, 0.6) is 5.75 Å². The third-order valence-electron chi connectivity index (χ3n) is 4.33. The number of nitriles is 1. The average Bonchev–Trinajstić information content (AvgIpc) is 2.78. The smallest absolute Gasteiger partial charge is 0.418 e. The Morgan fingerprint density at radius 1 is 0.970 bits per heavy atom. The maximum atomic E-state index is 13.1. The van der Waals surface area contributed by atoms with E-state index in [0.717, 1.165) is 16.6 Å². The molecule has 0 saturated heterocycles. The number of hydrogen-bond donors (Lipinski definition) is 1. The summed E-state index contributed by atoms with van der Waals surface area (Å²) in [7, 11) is 0. The van der Waals surface area contributed by atoms with E-state index >= 15 is 0 Å². The van der Waals surface area contributed by atoms with Crippen molar-refractivity contribution in [3.63, 3.8) is 0 Å². The van der Waals surface area contributed by atoms with Crippen molar-refractivity contribution in [2.45, 2.75) is 6.18 Å². The third-order valence-corrected chi connectivity index (χ3v) is 4.86. The van der Waals surface area contributed by atoms with E-state index in [4.69, 9.17) is 4.74 Å². The molecule has 0 aliphatic rings. The van der Waals surface area contributed by atoms with Gasteiger partial charge in [-0.15, -0.1) is 0 Å². The molecule has 0 radical (unpaired) electrons. The van der Waals surface area contributed by atoms with Crippen LogP contribution in [0.3, 0.4) is 0 Å². The number of carbonyl (C=O) groups excluding carboxylic acids is 2. The standard InChI is InChI=1S/C24H14BrF3N2O3/c25-18-9-7-16(8-10-18)23(32)33-19-11-5-15(6-12-19)13-17(14-29)22(31)30-21-4-2-1-3-20(21)24(26,27)28/h1-13H,(H,30,31)/b17-13+. The Labute approximate surface area is 195 Å². The Morgan fingerprint density at radius 2 is 1.61 bits per heavy atom. The number of rotatable bonds is 5. The molecule has 0 fully saturated rings. The molecule has 166 valence electrons. The van der Waals surface area contributed by atoms with Gasteiger partial charge in [-0.1, -0.05) is 40.2 Å². The highest BCUT2D eigenvalue weighted by atomic mass is 79.9. The SMILES string of the molecule is N#C/C(=C\c1ccc(OC(=O)c2ccc(Br)cc2)cc1)C(=O)Nc1ccccc1C(F)(F)F. The summed E-state index contributed by atoms with van der Waals surface area (Å²) >= 11 is 3.28. The number of halogens is 4. The number of esters is 1. The van der Waals surface area contributed by atoms with Crippen LogP contribution in [0.15, 0.2) is 82.8 Å². The van der Waals surface area contributed by atoms with Crippen molar-refractivity contribution >= 4 is 39.6 Å². The molecule has 0 atom stereocenters. The normalized spacial score (nSPS) is 11.4. The summed E-state index contributed by atoms with van der Waals surface area (Å²) in [6, 6.07) is 18.7. The van der Waals surface area contributed by atoms with Crippen molar-refractivity contribution in [3.05, 3.63) is 99.5 Å². The number of nitrogens with zero attached hydrogens (tertiary/aromatic N) is 1. The minimum Gasteiger partial charge on any atom is -0.423 e. The molecular weight excluding hydrogens is 501 g/mol. The quantitative estimate of drug-likeness (QED) is 0.189. The second-order valence-electron chi connectivity index (χ2n) is 6.63. The highest BCUT2D eigenvalue weighted by Gasteiger charge is 2.33. The van der Waals surface area contributed by atoms with Crippen molar-refractivity contribution in [1.29, 1.82) is 5.26 Å². The Morgan fingerprint density at radius 3 is 2.21 bits per heavy atom. The fourth-order valence-electron chi connectivity index (χ4n) is 2.73. The minimum absolute atomic E-state index is 0.238. The molecule has 1 amide bonds. The molecule has 3 rings (SSSR count). The lowest BCUT2D eigenvalue weighted by atomic mass is 10.1. The molecule has 0 aromatic heterocycles. The molecule has 0 heterocycles. The Bertz CT molecular complexity index is 1250. The van der Waals surface area contributed by atoms with E-state index in [-0.39, 0.29) is 5.75 Å². The van der Waals surface area contributed by atoms with Crippen molar-refractivity contribution in [3.8, 4) is 11.8 Å². The second-order valence-corrected chi connectivity index (χ2v) is 7.55. The van der Waals surface area contributed by atoms with Crippen LogP contribution >= 0.6 is 15.9 Å². The van der Waals surface area contributed by atoms with Crippen LogP contribution < -0.4 is 10.1 Å². The van der Waals surface area contributed by atoms with Gasteiger partial charge in [0.15, 0.2) is 0 Å². The molecule has 9 heteroatoms. The zero-order chi connectivity index (χ0) is 24.0. The lowest BCUT2D eigenvalue weighted by Crippen LogP contribution is -2.17. The largest absolute Gasteiger partial charge is 0.423 e. The number of hydrogen-bond acceptors (Lipinski definition) is 4. The first-order chi connectivity index (χ1) is 15.7. The number of alkyl halides is 3. The molecule has 0 spiro atoms. The maximum absolute atomic E-state index is 13.1. The number of ether oxygens (including phenoxy) is 1. The van der Waals surface area contributed by atoms with E-state index in [1.54, 1.807) is 30.3 Å². The monoisotopic (exact) mass is 514 g/mol. The topological polar surface area (TPSA) is 79.2 Å². The third kappa shape index (κ3) is 6.30. The van der Waals surface area contributed by atoms with E-state index in [2.05, 4.69) is 21.2 Å². The van der Waals surface area contributed by atoms with Crippen molar-refractivity contribution in [2.75, 3.05) is 5.32 Å². The van der Waals surface area contributed by atoms with Gasteiger partial charge in [0.05, 0.1) is 16.8 Å². The highest BCUT2D eigenvalue weighted by Crippen LogP contribution is 2.34. The number of nitrogens with one attached hydrogen (secondary N) is 1. The van der Waals surface area contributed by atoms with Crippen molar-refractivity contribution in [2.24, 2.45) is 0 Å². The zero-order valence-corrected chi connectivity index (χ0v) is 18.3. The van der Waals surface area contributed by atoms with Crippen molar-refractivity contribution in [1.82, 2.24) is 0 Å². The van der Waals surface area contributed by atoms with Crippen LogP contribution in [-0.2, 0) is 11.0 Å². The van der Waals surface area contributed by atoms with E-state index < -0.39 is 34.9 Å². The molecule has 0 unspecified atom stereocenters. The van der Waals surface area contributed by atoms with Gasteiger partial charge in [0, 0.05) is 4.47 Å². The van der Waals surface area contributed by atoms with E-state index in [0.29, 0.717) is 11.1 Å². The summed E-state index contributed by atoms with van der Waals surface area (Å²) in [6.07, 6.45) is -3.45. The van der Waals surface area contributed by atoms with Gasteiger partial charge < -0.3 is 10.1 Å². The molecule has 0 saturated carbocycles. The predicted octanol–water partition coefficient (Wildman–Crippen LogP) is 6.23. The summed E-state index contributed by atoms with van der Waals surface area (Å²) in [4.78, 5) is 24.5. The summed E-state index contributed by atoms with van der Waals surface area (Å²) in [5.74, 6) is -1.31. The second kappa shape index (κ2) is 10.1. The van der Waals surface area contributed by atoms with Crippen LogP contribution in [-0.4, -0.2) is 11.9 Å². The first-order valence-corrected chi connectivity index (χ1v) is 10.1. The highest BCUT2D eigenvalue weighted by molar-refractivity contribution is 9.10. The molecular formula is C24H14BrF3N2O3. The van der Waals surface area contributed by atoms with Gasteiger partial charge in [0.25, 0.3) is 5.91 Å². The lowest BCUT2D eigenvalue weighted by Gasteiger charge is -2.13. The fourth-order valence-corrected chi connectivity index (χ4v) is 2.99. The summed E-state index contributed by atoms with van der Waals surface area (Å²) in [6.45, 7) is 0. The van der Waals surface area contributed by atoms with Crippen LogP contribution in [0, 0.1) is 11.3 Å². The Hall–Kier alpha value is -3.90. The number of carbonyl (C=O) groups is 2. The summed E-state index contributed by atoms with van der Waals surface area (Å²) in [5, 5.41) is 11.4. The van der Waals surface area contributed by atoms with E-state index in [9.17, 15) is 28.0 Å². The van der Waals surface area contributed by atoms with Crippen LogP contribution in [0.4, 0.5) is 18.9 Å². The Balaban J connectivity index is 1.73. The van der Waals surface area contributed by atoms with Crippen LogP contribution in [0.2, 0.25) is 0 Å². The Kier molecular flexibility index (Phi) is 7.30. The maximum Gasteiger partial charge on any atom is 0.418 e. The first-order valence-electron chi connectivity index (χ1n) is 9.34. The molecule has 0 aliphatic carbocycles. The molecule has 5 nitrogen and oxygen atoms in total. The molecule has 33 heavy (non-hydrogen) atoms. The van der Waals surface area contributed by atoms with E-state index in [1.807, 2.05) is 0 Å². The summed E-state index contributed by atoms with van der Waals surface area (Å²) < 4.78 is 45.4. The zero-order valence-electron chi connectivity index (χ0n) is 16.7. The number of anilines is 1. The van der Waals surface area contributed by atoms with Gasteiger partial charge in [-0.2, -0.15) is 18.4 Å². The van der Waals surface area contributed by atoms with Gasteiger partial charge in [-0.3, -0.25) is 4.79 Å². The van der Waals surface area contributed by atoms with Gasteiger partial charge in [-0.05, 0) is 60.2 Å². The molecule has 0 bridgehead atoms. The molecule has 0 aliphatic heterocycles. The number of benzene rings is 3. The van der Waals surface area contributed by atoms with Crippen LogP contribution in [0.1, 0.15) is 21.5 Å². The van der Waals surface area contributed by atoms with Gasteiger partial charge in [0.2, 0.25) is 0 Å². The number of para-hydroxylation sites is 1.